The Labute approximate surface area is 214 Å². The normalized spacial score (nSPS) is 12.4. The molecule has 0 unspecified atom stereocenters. The molecule has 0 bridgehead atoms. The van der Waals surface area contributed by atoms with Gasteiger partial charge in [0.15, 0.2) is 6.04 Å². The van der Waals surface area contributed by atoms with E-state index in [-0.39, 0.29) is 24.9 Å². The van der Waals surface area contributed by atoms with Crippen LogP contribution in [0.4, 0.5) is 0 Å². The van der Waals surface area contributed by atoms with Crippen molar-refractivity contribution in [1.82, 2.24) is 30.4 Å². The van der Waals surface area contributed by atoms with Crippen molar-refractivity contribution in [2.45, 2.75) is 59.3 Å². The zero-order valence-corrected chi connectivity index (χ0v) is 21.9. The molecule has 0 radical (unpaired) electrons. The zero-order chi connectivity index (χ0) is 25.9. The Bertz CT molecular complexity index is 1320. The minimum Gasteiger partial charge on any atom is -0.464 e. The number of carbonyl (C=O) groups excluding carboxylic acids is 2. The number of benzene rings is 1. The molecule has 0 aliphatic rings. The molecular weight excluding hydrogens is 476 g/mol. The van der Waals surface area contributed by atoms with Crippen molar-refractivity contribution in [3.8, 4) is 11.4 Å². The van der Waals surface area contributed by atoms with Crippen LogP contribution < -0.4 is 5.32 Å². The lowest BCUT2D eigenvalue weighted by atomic mass is 10.1. The van der Waals surface area contributed by atoms with Crippen molar-refractivity contribution >= 4 is 23.2 Å². The number of aromatic nitrogens is 4. The predicted octanol–water partition coefficient (Wildman–Crippen LogP) is 4.30. The molecular formula is C26H30N6O3S. The molecule has 0 saturated heterocycles. The first-order chi connectivity index (χ1) is 17.1. The molecule has 1 atom stereocenters. The lowest BCUT2D eigenvalue weighted by Crippen LogP contribution is -2.49. The number of thiophene rings is 1. The van der Waals surface area contributed by atoms with Crippen molar-refractivity contribution in [2.75, 3.05) is 0 Å². The van der Waals surface area contributed by atoms with Gasteiger partial charge in [-0.3, -0.25) is 9.59 Å². The topological polar surface area (TPSA) is 106 Å². The van der Waals surface area contributed by atoms with Crippen LogP contribution in [0.1, 0.15) is 48.8 Å². The Balaban J connectivity index is 1.65. The van der Waals surface area contributed by atoms with Gasteiger partial charge in [0.05, 0.1) is 6.54 Å². The van der Waals surface area contributed by atoms with Crippen LogP contribution in [0.25, 0.3) is 11.4 Å². The van der Waals surface area contributed by atoms with Gasteiger partial charge in [0.25, 0.3) is 5.91 Å². The second kappa shape index (κ2) is 10.4. The largest absolute Gasteiger partial charge is 0.464 e. The lowest BCUT2D eigenvalue weighted by molar-refractivity contribution is -0.143. The molecule has 3 aromatic heterocycles. The van der Waals surface area contributed by atoms with Gasteiger partial charge in [-0.05, 0) is 63.4 Å². The van der Waals surface area contributed by atoms with Gasteiger partial charge in [-0.2, -0.15) is 4.80 Å². The van der Waals surface area contributed by atoms with Crippen molar-refractivity contribution in [3.05, 3.63) is 75.9 Å². The van der Waals surface area contributed by atoms with Crippen molar-refractivity contribution in [3.63, 3.8) is 0 Å². The van der Waals surface area contributed by atoms with Crippen LogP contribution in [-0.2, 0) is 22.7 Å². The summed E-state index contributed by atoms with van der Waals surface area (Å²) in [5.41, 5.74) is 1.44. The van der Waals surface area contributed by atoms with Crippen molar-refractivity contribution in [2.24, 2.45) is 0 Å². The maximum atomic E-state index is 13.7. The standard InChI is InChI=1S/C26H30N6O3S/c1-17-8-11-19(12-9-17)24-28-30-32(29-24)16-22(33)31(15-20-7-6-14-36-20)23(21-13-10-18(2)35-21)25(34)27-26(3,4)5/h6-14,23H,15-16H2,1-5H3,(H,27,34)/t23-/m0/s1. The minimum atomic E-state index is -0.965. The predicted molar refractivity (Wildman–Crippen MR) is 137 cm³/mol. The molecule has 0 spiro atoms. The van der Waals surface area contributed by atoms with Gasteiger partial charge in [-0.1, -0.05) is 35.9 Å². The zero-order valence-electron chi connectivity index (χ0n) is 21.1. The summed E-state index contributed by atoms with van der Waals surface area (Å²) in [6.45, 7) is 9.55. The van der Waals surface area contributed by atoms with E-state index in [4.69, 9.17) is 4.42 Å². The Morgan fingerprint density at radius 1 is 1.11 bits per heavy atom. The lowest BCUT2D eigenvalue weighted by Gasteiger charge is -2.32. The number of hydrogen-bond donors (Lipinski definition) is 1. The molecule has 1 aromatic carbocycles. The van der Waals surface area contributed by atoms with E-state index in [2.05, 4.69) is 20.7 Å². The van der Waals surface area contributed by atoms with E-state index in [1.54, 1.807) is 19.1 Å². The molecule has 0 saturated carbocycles. The Kier molecular flexibility index (Phi) is 7.35. The molecule has 10 heteroatoms. The fourth-order valence-electron chi connectivity index (χ4n) is 3.70. The summed E-state index contributed by atoms with van der Waals surface area (Å²) in [5, 5.41) is 17.5. The number of nitrogens with one attached hydrogen (secondary N) is 1. The van der Waals surface area contributed by atoms with Crippen LogP contribution in [0.5, 0.6) is 0 Å². The smallest absolute Gasteiger partial charge is 0.251 e. The van der Waals surface area contributed by atoms with Crippen LogP contribution in [0.2, 0.25) is 0 Å². The highest BCUT2D eigenvalue weighted by atomic mass is 32.1. The number of hydrogen-bond acceptors (Lipinski definition) is 7. The third-order valence-corrected chi connectivity index (χ3v) is 6.22. The molecule has 36 heavy (non-hydrogen) atoms. The second-order valence-corrected chi connectivity index (χ2v) is 10.7. The van der Waals surface area contributed by atoms with Gasteiger partial charge in [0, 0.05) is 16.0 Å². The number of tetrazole rings is 1. The summed E-state index contributed by atoms with van der Waals surface area (Å²) >= 11 is 1.51. The molecule has 188 valence electrons. The van der Waals surface area contributed by atoms with E-state index in [1.807, 2.05) is 69.5 Å². The molecule has 3 heterocycles. The highest BCUT2D eigenvalue weighted by molar-refractivity contribution is 7.09. The molecule has 0 aliphatic heterocycles. The van der Waals surface area contributed by atoms with Crippen LogP contribution in [0.3, 0.4) is 0 Å². The third kappa shape index (κ3) is 6.25. The molecule has 2 amide bonds. The van der Waals surface area contributed by atoms with Gasteiger partial charge in [0.1, 0.15) is 18.1 Å². The van der Waals surface area contributed by atoms with Gasteiger partial charge < -0.3 is 14.6 Å². The quantitative estimate of drug-likeness (QED) is 0.382. The molecule has 0 aliphatic carbocycles. The summed E-state index contributed by atoms with van der Waals surface area (Å²) in [4.78, 5) is 30.9. The van der Waals surface area contributed by atoms with E-state index in [1.165, 1.54) is 21.0 Å². The first-order valence-electron chi connectivity index (χ1n) is 11.6. The number of nitrogens with zero attached hydrogens (tertiary/aromatic N) is 5. The average molecular weight is 507 g/mol. The van der Waals surface area contributed by atoms with E-state index >= 15 is 0 Å². The first-order valence-corrected chi connectivity index (χ1v) is 12.5. The third-order valence-electron chi connectivity index (χ3n) is 5.35. The van der Waals surface area contributed by atoms with Crippen LogP contribution >= 0.6 is 11.3 Å². The fourth-order valence-corrected chi connectivity index (χ4v) is 4.40. The number of aryl methyl sites for hydroxylation is 2. The monoisotopic (exact) mass is 506 g/mol. The Hall–Kier alpha value is -3.79. The molecule has 4 aromatic rings. The molecule has 1 N–H and O–H groups in total. The Morgan fingerprint density at radius 2 is 1.86 bits per heavy atom. The Morgan fingerprint density at radius 3 is 2.47 bits per heavy atom. The van der Waals surface area contributed by atoms with Crippen molar-refractivity contribution in [1.29, 1.82) is 0 Å². The van der Waals surface area contributed by atoms with Crippen molar-refractivity contribution < 1.29 is 14.0 Å². The summed E-state index contributed by atoms with van der Waals surface area (Å²) in [6.07, 6.45) is 0. The van der Waals surface area contributed by atoms with Gasteiger partial charge in [0.2, 0.25) is 11.7 Å². The number of rotatable bonds is 8. The van der Waals surface area contributed by atoms with Crippen LogP contribution in [0.15, 0.2) is 58.3 Å². The minimum absolute atomic E-state index is 0.177. The summed E-state index contributed by atoms with van der Waals surface area (Å²) in [6, 6.07) is 14.2. The van der Waals surface area contributed by atoms with Crippen LogP contribution in [0, 0.1) is 13.8 Å². The number of amides is 2. The fraction of sp³-hybridized carbons (Fsp3) is 0.346. The summed E-state index contributed by atoms with van der Waals surface area (Å²) in [5.74, 6) is 0.818. The van der Waals surface area contributed by atoms with E-state index in [9.17, 15) is 9.59 Å². The first kappa shape index (κ1) is 25.3. The number of furan rings is 1. The second-order valence-electron chi connectivity index (χ2n) is 9.70. The molecule has 9 nitrogen and oxygen atoms in total. The van der Waals surface area contributed by atoms with E-state index in [0.717, 1.165) is 16.0 Å². The maximum absolute atomic E-state index is 13.7. The van der Waals surface area contributed by atoms with Gasteiger partial charge in [-0.15, -0.1) is 21.5 Å². The number of carbonyl (C=O) groups is 2. The van der Waals surface area contributed by atoms with E-state index < -0.39 is 11.6 Å². The highest BCUT2D eigenvalue weighted by Crippen LogP contribution is 2.28. The maximum Gasteiger partial charge on any atom is 0.251 e. The van der Waals surface area contributed by atoms with E-state index in [0.29, 0.717) is 17.3 Å². The summed E-state index contributed by atoms with van der Waals surface area (Å²) < 4.78 is 5.85. The molecule has 4 rings (SSSR count). The van der Waals surface area contributed by atoms with Gasteiger partial charge in [-0.25, -0.2) is 0 Å². The average Bonchev–Trinajstić information content (AvgIpc) is 3.56. The highest BCUT2D eigenvalue weighted by Gasteiger charge is 2.36. The molecule has 0 fully saturated rings. The van der Waals surface area contributed by atoms with Crippen LogP contribution in [-0.4, -0.2) is 42.5 Å². The van der Waals surface area contributed by atoms with Gasteiger partial charge >= 0.3 is 0 Å². The summed E-state index contributed by atoms with van der Waals surface area (Å²) in [7, 11) is 0. The SMILES string of the molecule is Cc1ccc(-c2nnn(CC(=O)N(Cc3cccs3)[C@H](C(=O)NC(C)(C)C)c3ccc(C)o3)n2)cc1.